The van der Waals surface area contributed by atoms with Crippen molar-refractivity contribution in [3.8, 4) is 0 Å². The van der Waals surface area contributed by atoms with Gasteiger partial charge in [0.2, 0.25) is 11.8 Å². The van der Waals surface area contributed by atoms with E-state index < -0.39 is 6.10 Å². The molecule has 2 fully saturated rings. The summed E-state index contributed by atoms with van der Waals surface area (Å²) in [6.45, 7) is -0.160. The SMILES string of the molecule is O=C(C[C@@H]1CC[C@@H](NC(=O)C2CC2)[C@@H](CO)O1)Nc1ccccc1. The van der Waals surface area contributed by atoms with Crippen LogP contribution in [0, 0.1) is 5.92 Å². The van der Waals surface area contributed by atoms with Gasteiger partial charge in [-0.1, -0.05) is 18.2 Å². The minimum absolute atomic E-state index is 0.0577. The van der Waals surface area contributed by atoms with E-state index in [1.165, 1.54) is 0 Å². The number of hydrogen-bond donors (Lipinski definition) is 3. The first-order valence-electron chi connectivity index (χ1n) is 8.57. The number of benzene rings is 1. The fraction of sp³-hybridized carbons (Fsp3) is 0.556. The minimum Gasteiger partial charge on any atom is -0.394 e. The standard InChI is InChI=1S/C18H24N2O4/c21-11-16-15(20-18(23)12-6-7-12)9-8-14(24-16)10-17(22)19-13-4-2-1-3-5-13/h1-5,12,14-16,21H,6-11H2,(H,19,22)(H,20,23)/t14-,15+,16+/m0/s1. The van der Waals surface area contributed by atoms with E-state index in [1.807, 2.05) is 30.3 Å². The van der Waals surface area contributed by atoms with Gasteiger partial charge in [0, 0.05) is 11.6 Å². The lowest BCUT2D eigenvalue weighted by molar-refractivity contribution is -0.134. The van der Waals surface area contributed by atoms with Gasteiger partial charge in [0.15, 0.2) is 0 Å². The fourth-order valence-electron chi connectivity index (χ4n) is 3.03. The summed E-state index contributed by atoms with van der Waals surface area (Å²) in [5.41, 5.74) is 0.756. The molecular weight excluding hydrogens is 308 g/mol. The average molecular weight is 332 g/mol. The van der Waals surface area contributed by atoms with Crippen LogP contribution in [0.1, 0.15) is 32.1 Å². The molecule has 3 atom stereocenters. The van der Waals surface area contributed by atoms with Crippen LogP contribution in [-0.4, -0.2) is 41.8 Å². The summed E-state index contributed by atoms with van der Waals surface area (Å²) in [5, 5.41) is 15.3. The quantitative estimate of drug-likeness (QED) is 0.736. The lowest BCUT2D eigenvalue weighted by Gasteiger charge is -2.36. The predicted octanol–water partition coefficient (Wildman–Crippen LogP) is 1.45. The van der Waals surface area contributed by atoms with Crippen LogP contribution < -0.4 is 10.6 Å². The monoisotopic (exact) mass is 332 g/mol. The highest BCUT2D eigenvalue weighted by Gasteiger charge is 2.36. The number of amides is 2. The van der Waals surface area contributed by atoms with Gasteiger partial charge in [-0.3, -0.25) is 9.59 Å². The molecule has 1 aromatic carbocycles. The molecule has 130 valence electrons. The van der Waals surface area contributed by atoms with E-state index in [9.17, 15) is 14.7 Å². The fourth-order valence-corrected chi connectivity index (χ4v) is 3.03. The lowest BCUT2D eigenvalue weighted by Crippen LogP contribution is -2.51. The summed E-state index contributed by atoms with van der Waals surface area (Å²) in [6, 6.07) is 9.11. The van der Waals surface area contributed by atoms with Gasteiger partial charge in [-0.25, -0.2) is 0 Å². The number of nitrogens with one attached hydrogen (secondary N) is 2. The first kappa shape index (κ1) is 16.9. The molecule has 3 rings (SSSR count). The second-order valence-electron chi connectivity index (χ2n) is 6.56. The maximum Gasteiger partial charge on any atom is 0.226 e. The molecule has 24 heavy (non-hydrogen) atoms. The molecule has 1 saturated carbocycles. The van der Waals surface area contributed by atoms with Crippen LogP contribution in [0.4, 0.5) is 5.69 Å². The third-order valence-corrected chi connectivity index (χ3v) is 4.54. The number of anilines is 1. The van der Waals surface area contributed by atoms with Crippen molar-refractivity contribution in [1.29, 1.82) is 0 Å². The number of hydrogen-bond acceptors (Lipinski definition) is 4. The zero-order valence-corrected chi connectivity index (χ0v) is 13.6. The van der Waals surface area contributed by atoms with Crippen LogP contribution in [0.25, 0.3) is 0 Å². The van der Waals surface area contributed by atoms with Crippen molar-refractivity contribution in [1.82, 2.24) is 5.32 Å². The predicted molar refractivity (Wildman–Crippen MR) is 89.3 cm³/mol. The van der Waals surface area contributed by atoms with E-state index in [1.54, 1.807) is 0 Å². The number of aliphatic hydroxyl groups excluding tert-OH is 1. The number of aliphatic hydroxyl groups is 1. The molecule has 6 heteroatoms. The Balaban J connectivity index is 1.47. The molecule has 3 N–H and O–H groups in total. The maximum absolute atomic E-state index is 12.1. The summed E-state index contributed by atoms with van der Waals surface area (Å²) < 4.78 is 5.83. The van der Waals surface area contributed by atoms with Gasteiger partial charge < -0.3 is 20.5 Å². The lowest BCUT2D eigenvalue weighted by atomic mass is 9.96. The number of ether oxygens (including phenoxy) is 1. The Morgan fingerprint density at radius 3 is 2.54 bits per heavy atom. The zero-order chi connectivity index (χ0) is 16.9. The van der Waals surface area contributed by atoms with Crippen LogP contribution in [0.5, 0.6) is 0 Å². The Hall–Kier alpha value is -1.92. The smallest absolute Gasteiger partial charge is 0.226 e. The van der Waals surface area contributed by atoms with Gasteiger partial charge in [0.1, 0.15) is 6.10 Å². The Morgan fingerprint density at radius 1 is 1.12 bits per heavy atom. The number of carbonyl (C=O) groups is 2. The van der Waals surface area contributed by atoms with Crippen molar-refractivity contribution >= 4 is 17.5 Å². The van der Waals surface area contributed by atoms with Gasteiger partial charge in [-0.05, 0) is 37.8 Å². The molecule has 0 bridgehead atoms. The summed E-state index contributed by atoms with van der Waals surface area (Å²) in [5.74, 6) is 0.0874. The Labute approximate surface area is 141 Å². The Morgan fingerprint density at radius 2 is 1.88 bits per heavy atom. The first-order valence-corrected chi connectivity index (χ1v) is 8.57. The van der Waals surface area contributed by atoms with E-state index in [0.717, 1.165) is 18.5 Å². The molecule has 1 heterocycles. The van der Waals surface area contributed by atoms with E-state index >= 15 is 0 Å². The third-order valence-electron chi connectivity index (χ3n) is 4.54. The molecule has 0 radical (unpaired) electrons. The van der Waals surface area contributed by atoms with Crippen molar-refractivity contribution in [2.45, 2.75) is 50.4 Å². The Bertz CT molecular complexity index is 574. The molecule has 6 nitrogen and oxygen atoms in total. The molecule has 0 aromatic heterocycles. The highest BCUT2D eigenvalue weighted by atomic mass is 16.5. The second-order valence-corrected chi connectivity index (χ2v) is 6.56. The topological polar surface area (TPSA) is 87.7 Å². The summed E-state index contributed by atoms with van der Waals surface area (Å²) >= 11 is 0. The molecule has 1 aromatic rings. The van der Waals surface area contributed by atoms with Crippen LogP contribution in [0.15, 0.2) is 30.3 Å². The van der Waals surface area contributed by atoms with E-state index in [2.05, 4.69) is 10.6 Å². The van der Waals surface area contributed by atoms with Gasteiger partial charge in [-0.15, -0.1) is 0 Å². The minimum atomic E-state index is -0.448. The number of para-hydroxylation sites is 1. The molecule has 0 unspecified atom stereocenters. The zero-order valence-electron chi connectivity index (χ0n) is 13.6. The average Bonchev–Trinajstić information content (AvgIpc) is 3.42. The van der Waals surface area contributed by atoms with Crippen molar-refractivity contribution in [2.75, 3.05) is 11.9 Å². The first-order chi connectivity index (χ1) is 11.7. The van der Waals surface area contributed by atoms with Crippen molar-refractivity contribution in [3.05, 3.63) is 30.3 Å². The highest BCUT2D eigenvalue weighted by Crippen LogP contribution is 2.30. The normalized spacial score (nSPS) is 26.6. The van der Waals surface area contributed by atoms with Crippen LogP contribution in [0.3, 0.4) is 0 Å². The van der Waals surface area contributed by atoms with Crippen molar-refractivity contribution < 1.29 is 19.4 Å². The maximum atomic E-state index is 12.1. The molecular formula is C18H24N2O4. The van der Waals surface area contributed by atoms with Crippen molar-refractivity contribution in [3.63, 3.8) is 0 Å². The summed E-state index contributed by atoms with van der Waals surface area (Å²) in [7, 11) is 0. The second kappa shape index (κ2) is 7.77. The summed E-state index contributed by atoms with van der Waals surface area (Å²) in [4.78, 5) is 24.0. The van der Waals surface area contributed by atoms with Crippen LogP contribution in [0.2, 0.25) is 0 Å². The number of rotatable bonds is 6. The van der Waals surface area contributed by atoms with Gasteiger partial charge in [0.05, 0.1) is 25.2 Å². The van der Waals surface area contributed by atoms with E-state index in [0.29, 0.717) is 12.8 Å². The molecule has 2 amide bonds. The summed E-state index contributed by atoms with van der Waals surface area (Å²) in [6.07, 6.45) is 2.86. The van der Waals surface area contributed by atoms with Gasteiger partial charge in [-0.2, -0.15) is 0 Å². The van der Waals surface area contributed by atoms with Crippen molar-refractivity contribution in [2.24, 2.45) is 5.92 Å². The third kappa shape index (κ3) is 4.55. The molecule has 1 aliphatic heterocycles. The largest absolute Gasteiger partial charge is 0.394 e. The van der Waals surface area contributed by atoms with Gasteiger partial charge in [0.25, 0.3) is 0 Å². The van der Waals surface area contributed by atoms with Crippen LogP contribution >= 0.6 is 0 Å². The van der Waals surface area contributed by atoms with E-state index in [4.69, 9.17) is 4.74 Å². The Kier molecular flexibility index (Phi) is 5.48. The molecule has 1 saturated heterocycles. The van der Waals surface area contributed by atoms with Crippen LogP contribution in [-0.2, 0) is 14.3 Å². The number of carbonyl (C=O) groups excluding carboxylic acids is 2. The van der Waals surface area contributed by atoms with Gasteiger partial charge >= 0.3 is 0 Å². The highest BCUT2D eigenvalue weighted by molar-refractivity contribution is 5.91. The molecule has 2 aliphatic rings. The van der Waals surface area contributed by atoms with E-state index in [-0.39, 0.29) is 42.9 Å². The molecule has 0 spiro atoms. The molecule has 1 aliphatic carbocycles.